The molecule has 4 aromatic rings. The maximum Gasteiger partial charge on any atom is 0.326 e. The molecule has 224 valence electrons. The molecule has 14 heteroatoms. The van der Waals surface area contributed by atoms with E-state index in [2.05, 4.69) is 48.1 Å². The molecule has 0 radical (unpaired) electrons. The molecule has 0 spiro atoms. The third kappa shape index (κ3) is 7.37. The molecule has 12 nitrogen and oxygen atoms in total. The minimum atomic E-state index is -3.76. The lowest BCUT2D eigenvalue weighted by molar-refractivity contribution is 0.102. The van der Waals surface area contributed by atoms with E-state index in [1.165, 1.54) is 55.0 Å². The number of hydrogen-bond acceptors (Lipinski definition) is 7. The molecule has 3 amide bonds. The van der Waals surface area contributed by atoms with Gasteiger partial charge in [0.2, 0.25) is 10.0 Å². The van der Waals surface area contributed by atoms with Gasteiger partial charge in [0.05, 0.1) is 22.2 Å². The predicted molar refractivity (Wildman–Crippen MR) is 164 cm³/mol. The van der Waals surface area contributed by atoms with Crippen LogP contribution in [-0.4, -0.2) is 48.0 Å². The van der Waals surface area contributed by atoms with E-state index < -0.39 is 22.0 Å². The SMILES string of the molecule is CNS(=O)(=O)c1ccc(Cl)c(NC(=O)N(Cc2ccc(C(=O)Nc3nn[nH]n3)cc2)c2ccc(C3CCCCC3)cc2)c1. The summed E-state index contributed by atoms with van der Waals surface area (Å²) in [6.07, 6.45) is 6.00. The number of sulfonamides is 1. The van der Waals surface area contributed by atoms with E-state index in [9.17, 15) is 18.0 Å². The second-order valence-electron chi connectivity index (χ2n) is 10.2. The maximum absolute atomic E-state index is 13.7. The highest BCUT2D eigenvalue weighted by Gasteiger charge is 2.22. The molecule has 1 heterocycles. The minimum absolute atomic E-state index is 0.0345. The number of urea groups is 1. The fraction of sp³-hybridized carbons (Fsp3) is 0.276. The van der Waals surface area contributed by atoms with Crippen molar-refractivity contribution < 1.29 is 18.0 Å². The number of halogens is 1. The lowest BCUT2D eigenvalue weighted by Gasteiger charge is -2.26. The van der Waals surface area contributed by atoms with Crippen molar-refractivity contribution in [2.45, 2.75) is 49.5 Å². The molecule has 5 rings (SSSR count). The second-order valence-corrected chi connectivity index (χ2v) is 12.5. The van der Waals surface area contributed by atoms with Crippen molar-refractivity contribution in [3.8, 4) is 0 Å². The Labute approximate surface area is 254 Å². The Hall–Kier alpha value is -4.33. The summed E-state index contributed by atoms with van der Waals surface area (Å²) in [5, 5.41) is 18.6. The van der Waals surface area contributed by atoms with Gasteiger partial charge in [-0.2, -0.15) is 5.21 Å². The Balaban J connectivity index is 1.40. The van der Waals surface area contributed by atoms with Crippen LogP contribution in [0.4, 0.5) is 22.1 Å². The van der Waals surface area contributed by atoms with Crippen molar-refractivity contribution in [3.05, 3.63) is 88.4 Å². The zero-order valence-electron chi connectivity index (χ0n) is 23.4. The number of nitrogens with zero attached hydrogens (tertiary/aromatic N) is 4. The van der Waals surface area contributed by atoms with Crippen LogP contribution in [0.3, 0.4) is 0 Å². The number of carbonyl (C=O) groups excluding carboxylic acids is 2. The summed E-state index contributed by atoms with van der Waals surface area (Å²) in [6, 6.07) is 18.3. The van der Waals surface area contributed by atoms with Gasteiger partial charge >= 0.3 is 6.03 Å². The van der Waals surface area contributed by atoms with Crippen LogP contribution in [0.15, 0.2) is 71.6 Å². The fourth-order valence-electron chi connectivity index (χ4n) is 5.04. The third-order valence-corrected chi connectivity index (χ3v) is 9.15. The number of H-pyrrole nitrogens is 1. The van der Waals surface area contributed by atoms with E-state index in [0.29, 0.717) is 17.2 Å². The van der Waals surface area contributed by atoms with Crippen molar-refractivity contribution in [2.75, 3.05) is 22.6 Å². The molecular weight excluding hydrogens is 592 g/mol. The van der Waals surface area contributed by atoms with Gasteiger partial charge in [-0.25, -0.2) is 17.9 Å². The van der Waals surface area contributed by atoms with Crippen LogP contribution < -0.4 is 20.3 Å². The van der Waals surface area contributed by atoms with Crippen molar-refractivity contribution in [2.24, 2.45) is 0 Å². The quantitative estimate of drug-likeness (QED) is 0.197. The summed E-state index contributed by atoms with van der Waals surface area (Å²) in [6.45, 7) is 0.160. The highest BCUT2D eigenvalue weighted by molar-refractivity contribution is 7.89. The fourth-order valence-corrected chi connectivity index (χ4v) is 5.96. The molecule has 1 aliphatic carbocycles. The van der Waals surface area contributed by atoms with Crippen LogP contribution in [-0.2, 0) is 16.6 Å². The summed E-state index contributed by atoms with van der Waals surface area (Å²) in [4.78, 5) is 27.8. The van der Waals surface area contributed by atoms with Crippen LogP contribution >= 0.6 is 11.6 Å². The monoisotopic (exact) mass is 622 g/mol. The number of anilines is 3. The Morgan fingerprint density at radius 3 is 2.35 bits per heavy atom. The Bertz CT molecular complexity index is 1670. The predicted octanol–water partition coefficient (Wildman–Crippen LogP) is 5.30. The van der Waals surface area contributed by atoms with Gasteiger partial charge in [0, 0.05) is 11.3 Å². The minimum Gasteiger partial charge on any atom is -0.306 e. The molecule has 4 N–H and O–H groups in total. The van der Waals surface area contributed by atoms with Crippen LogP contribution in [0, 0.1) is 0 Å². The highest BCUT2D eigenvalue weighted by atomic mass is 35.5. The number of benzene rings is 3. The number of rotatable bonds is 9. The van der Waals surface area contributed by atoms with E-state index in [1.807, 2.05) is 12.1 Å². The standard InChI is InChI=1S/C29H31ClN8O4S/c1-31-43(41,42)24-15-16-25(30)26(17-24)32-29(40)38(23-13-11-21(12-14-23)20-5-3-2-4-6-20)18-19-7-9-22(10-8-19)27(39)33-28-34-36-37-35-28/h7-17,20,31H,2-6,18H2,1H3,(H,32,40)(H2,33,34,35,36,37,39). The number of nitrogens with one attached hydrogen (secondary N) is 4. The second kappa shape index (κ2) is 13.3. The normalized spacial score (nSPS) is 13.8. The Morgan fingerprint density at radius 2 is 1.70 bits per heavy atom. The lowest BCUT2D eigenvalue weighted by Crippen LogP contribution is -2.34. The van der Waals surface area contributed by atoms with E-state index in [1.54, 1.807) is 24.3 Å². The van der Waals surface area contributed by atoms with E-state index in [-0.39, 0.29) is 28.1 Å². The summed E-state index contributed by atoms with van der Waals surface area (Å²) in [7, 11) is -2.45. The molecule has 0 unspecified atom stereocenters. The zero-order chi connectivity index (χ0) is 30.4. The van der Waals surface area contributed by atoms with Gasteiger partial charge in [-0.1, -0.05) is 60.2 Å². The number of aromatic amines is 1. The van der Waals surface area contributed by atoms with Crippen LogP contribution in [0.1, 0.15) is 59.5 Å². The third-order valence-electron chi connectivity index (χ3n) is 7.41. The molecule has 1 saturated carbocycles. The highest BCUT2D eigenvalue weighted by Crippen LogP contribution is 2.34. The summed E-state index contributed by atoms with van der Waals surface area (Å²) in [5.74, 6) is 0.151. The van der Waals surface area contributed by atoms with Gasteiger partial charge in [0.15, 0.2) is 0 Å². The topological polar surface area (TPSA) is 162 Å². The number of amides is 3. The molecule has 43 heavy (non-hydrogen) atoms. The molecular formula is C29H31ClN8O4S. The Kier molecular flexibility index (Phi) is 9.34. The maximum atomic E-state index is 13.7. The van der Waals surface area contributed by atoms with Crippen molar-refractivity contribution in [1.82, 2.24) is 25.3 Å². The average molecular weight is 623 g/mol. The summed E-state index contributed by atoms with van der Waals surface area (Å²) in [5.41, 5.74) is 3.16. The first-order chi connectivity index (χ1) is 20.7. The lowest BCUT2D eigenvalue weighted by atomic mass is 9.84. The molecule has 0 saturated heterocycles. The van der Waals surface area contributed by atoms with Gasteiger partial charge in [0.1, 0.15) is 0 Å². The number of aromatic nitrogens is 4. The van der Waals surface area contributed by atoms with Gasteiger partial charge in [-0.3, -0.25) is 15.0 Å². The number of tetrazole rings is 1. The number of hydrogen-bond donors (Lipinski definition) is 4. The largest absolute Gasteiger partial charge is 0.326 e. The van der Waals surface area contributed by atoms with E-state index in [4.69, 9.17) is 11.6 Å². The Morgan fingerprint density at radius 1 is 0.977 bits per heavy atom. The number of carbonyl (C=O) groups is 2. The van der Waals surface area contributed by atoms with Crippen LogP contribution in [0.5, 0.6) is 0 Å². The molecule has 0 aliphatic heterocycles. The van der Waals surface area contributed by atoms with Gasteiger partial charge < -0.3 is 5.32 Å². The molecule has 0 bridgehead atoms. The van der Waals surface area contributed by atoms with Gasteiger partial charge in [0.25, 0.3) is 11.9 Å². The van der Waals surface area contributed by atoms with Crippen LogP contribution in [0.25, 0.3) is 0 Å². The summed E-state index contributed by atoms with van der Waals surface area (Å²) >= 11 is 6.35. The first-order valence-corrected chi connectivity index (χ1v) is 15.6. The van der Waals surface area contributed by atoms with Gasteiger partial charge in [-0.05, 0) is 84.6 Å². The zero-order valence-corrected chi connectivity index (χ0v) is 25.0. The first kappa shape index (κ1) is 30.1. The van der Waals surface area contributed by atoms with Crippen LogP contribution in [0.2, 0.25) is 5.02 Å². The van der Waals surface area contributed by atoms with E-state index >= 15 is 0 Å². The van der Waals surface area contributed by atoms with Crippen molar-refractivity contribution >= 4 is 50.9 Å². The van der Waals surface area contributed by atoms with E-state index in [0.717, 1.165) is 18.4 Å². The summed E-state index contributed by atoms with van der Waals surface area (Å²) < 4.78 is 27.0. The molecule has 1 fully saturated rings. The molecule has 3 aromatic carbocycles. The molecule has 1 aliphatic rings. The first-order valence-electron chi connectivity index (χ1n) is 13.8. The van der Waals surface area contributed by atoms with Gasteiger partial charge in [-0.15, -0.1) is 5.10 Å². The average Bonchev–Trinajstić information content (AvgIpc) is 3.54. The molecule has 1 aromatic heterocycles. The smallest absolute Gasteiger partial charge is 0.306 e. The van der Waals surface area contributed by atoms with Crippen molar-refractivity contribution in [1.29, 1.82) is 0 Å². The molecule has 0 atom stereocenters. The van der Waals surface area contributed by atoms with Crippen molar-refractivity contribution in [3.63, 3.8) is 0 Å².